The van der Waals surface area contributed by atoms with E-state index < -0.39 is 0 Å². The summed E-state index contributed by atoms with van der Waals surface area (Å²) in [6, 6.07) is 1.95. The van der Waals surface area contributed by atoms with Gasteiger partial charge < -0.3 is 10.3 Å². The zero-order valence-corrected chi connectivity index (χ0v) is 15.1. The lowest BCUT2D eigenvalue weighted by Gasteiger charge is -2.16. The summed E-state index contributed by atoms with van der Waals surface area (Å²) in [4.78, 5) is 13.2. The summed E-state index contributed by atoms with van der Waals surface area (Å²) < 4.78 is 2.09. The van der Waals surface area contributed by atoms with Crippen molar-refractivity contribution in [1.82, 2.24) is 19.5 Å². The Morgan fingerprint density at radius 1 is 1.23 bits per heavy atom. The number of pyridine rings is 1. The molecule has 3 aromatic heterocycles. The van der Waals surface area contributed by atoms with Gasteiger partial charge in [-0.1, -0.05) is 12.0 Å². The van der Waals surface area contributed by atoms with Crippen LogP contribution in [0.3, 0.4) is 0 Å². The van der Waals surface area contributed by atoms with Gasteiger partial charge in [-0.05, 0) is 49.8 Å². The van der Waals surface area contributed by atoms with Crippen LogP contribution in [0.5, 0.6) is 0 Å². The van der Waals surface area contributed by atoms with E-state index in [-0.39, 0.29) is 0 Å². The zero-order chi connectivity index (χ0) is 18.3. The van der Waals surface area contributed by atoms with Gasteiger partial charge in [-0.15, -0.1) is 6.42 Å². The first-order chi connectivity index (χ1) is 12.6. The number of nitrogens with two attached hydrogens (primary N) is 1. The molecule has 0 amide bonds. The van der Waals surface area contributed by atoms with Crippen molar-refractivity contribution in [3.63, 3.8) is 0 Å². The van der Waals surface area contributed by atoms with Crippen LogP contribution >= 0.6 is 0 Å². The monoisotopic (exact) mass is 343 g/mol. The third-order valence-electron chi connectivity index (χ3n) is 5.12. The highest BCUT2D eigenvalue weighted by atomic mass is 15.1. The number of nitrogens with zero attached hydrogens (tertiary/aromatic N) is 4. The third kappa shape index (κ3) is 2.46. The van der Waals surface area contributed by atoms with Crippen molar-refractivity contribution in [3.8, 4) is 23.6 Å². The molecule has 0 atom stereocenters. The van der Waals surface area contributed by atoms with Crippen LogP contribution in [0.15, 0.2) is 24.7 Å². The van der Waals surface area contributed by atoms with E-state index in [4.69, 9.17) is 12.2 Å². The summed E-state index contributed by atoms with van der Waals surface area (Å²) in [5.41, 5.74) is 13.4. The number of rotatable bonds is 2. The Balaban J connectivity index is 2.09. The second-order valence-electron chi connectivity index (χ2n) is 6.74. The van der Waals surface area contributed by atoms with E-state index in [0.717, 1.165) is 46.3 Å². The predicted molar refractivity (Wildman–Crippen MR) is 105 cm³/mol. The predicted octanol–water partition coefficient (Wildman–Crippen LogP) is 3.86. The smallest absolute Gasteiger partial charge is 0.146 e. The molecular formula is C21H21N5. The van der Waals surface area contributed by atoms with Crippen molar-refractivity contribution in [1.29, 1.82) is 0 Å². The third-order valence-corrected chi connectivity index (χ3v) is 5.12. The molecule has 1 aliphatic rings. The molecule has 0 unspecified atom stereocenters. The van der Waals surface area contributed by atoms with Crippen molar-refractivity contribution >= 4 is 22.4 Å². The van der Waals surface area contributed by atoms with Gasteiger partial charge in [-0.3, -0.25) is 0 Å². The number of hydrogen-bond acceptors (Lipinski definition) is 4. The van der Waals surface area contributed by atoms with Gasteiger partial charge in [0.1, 0.15) is 23.5 Å². The summed E-state index contributed by atoms with van der Waals surface area (Å²) >= 11 is 0. The van der Waals surface area contributed by atoms with Crippen LogP contribution in [0, 0.1) is 19.3 Å². The van der Waals surface area contributed by atoms with Crippen LogP contribution in [0.2, 0.25) is 0 Å². The van der Waals surface area contributed by atoms with Crippen molar-refractivity contribution in [3.05, 3.63) is 41.5 Å². The Morgan fingerprint density at radius 3 is 2.77 bits per heavy atom. The average Bonchev–Trinajstić information content (AvgIpc) is 2.96. The number of terminal acetylenes is 1. The summed E-state index contributed by atoms with van der Waals surface area (Å²) in [5, 5.41) is 0.929. The molecule has 5 nitrogen and oxygen atoms in total. The summed E-state index contributed by atoms with van der Waals surface area (Å²) in [7, 11) is 2.02. The highest BCUT2D eigenvalue weighted by Crippen LogP contribution is 2.42. The molecule has 26 heavy (non-hydrogen) atoms. The van der Waals surface area contributed by atoms with Gasteiger partial charge in [0.2, 0.25) is 0 Å². The van der Waals surface area contributed by atoms with Crippen LogP contribution in [-0.4, -0.2) is 19.5 Å². The first-order valence-electron chi connectivity index (χ1n) is 8.83. The van der Waals surface area contributed by atoms with Gasteiger partial charge in [0.25, 0.3) is 0 Å². The molecule has 0 aromatic carbocycles. The SMILES string of the molecule is C#Cc1cc(C)c(-c2c(C3=CCCCC3)c3c(N)ncnc3n2C)cn1. The first-order valence-corrected chi connectivity index (χ1v) is 8.83. The summed E-state index contributed by atoms with van der Waals surface area (Å²) in [5.74, 6) is 3.12. The molecule has 0 aliphatic heterocycles. The van der Waals surface area contributed by atoms with Gasteiger partial charge in [0, 0.05) is 24.4 Å². The molecule has 1 aliphatic carbocycles. The van der Waals surface area contributed by atoms with Crippen molar-refractivity contribution in [2.75, 3.05) is 5.73 Å². The van der Waals surface area contributed by atoms with E-state index in [0.29, 0.717) is 11.5 Å². The van der Waals surface area contributed by atoms with Gasteiger partial charge in [0.15, 0.2) is 0 Å². The number of anilines is 1. The largest absolute Gasteiger partial charge is 0.383 e. The van der Waals surface area contributed by atoms with Crippen LogP contribution in [0.25, 0.3) is 27.9 Å². The molecule has 0 saturated carbocycles. The molecule has 0 fully saturated rings. The van der Waals surface area contributed by atoms with Crippen molar-refractivity contribution < 1.29 is 0 Å². The van der Waals surface area contributed by atoms with Crippen LogP contribution < -0.4 is 5.73 Å². The lowest BCUT2D eigenvalue weighted by atomic mass is 9.90. The molecule has 0 radical (unpaired) electrons. The summed E-state index contributed by atoms with van der Waals surface area (Å²) in [6.45, 7) is 2.06. The second-order valence-corrected chi connectivity index (χ2v) is 6.74. The number of hydrogen-bond donors (Lipinski definition) is 1. The normalized spacial score (nSPS) is 14.3. The van der Waals surface area contributed by atoms with Gasteiger partial charge in [-0.2, -0.15) is 0 Å². The fraction of sp³-hybridized carbons (Fsp3) is 0.286. The Morgan fingerprint density at radius 2 is 2.08 bits per heavy atom. The molecule has 3 aromatic rings. The van der Waals surface area contributed by atoms with Gasteiger partial charge in [-0.25, -0.2) is 15.0 Å². The molecule has 0 bridgehead atoms. The quantitative estimate of drug-likeness (QED) is 0.717. The molecule has 130 valence electrons. The number of aromatic nitrogens is 4. The molecule has 3 heterocycles. The lowest BCUT2D eigenvalue weighted by Crippen LogP contribution is -2.00. The van der Waals surface area contributed by atoms with Gasteiger partial charge in [0.05, 0.1) is 11.1 Å². The lowest BCUT2D eigenvalue weighted by molar-refractivity contribution is 0.742. The second kappa shape index (κ2) is 6.30. The highest BCUT2D eigenvalue weighted by Gasteiger charge is 2.24. The van der Waals surface area contributed by atoms with E-state index in [9.17, 15) is 0 Å². The van der Waals surface area contributed by atoms with E-state index in [2.05, 4.69) is 38.4 Å². The minimum Gasteiger partial charge on any atom is -0.383 e. The topological polar surface area (TPSA) is 69.6 Å². The van der Waals surface area contributed by atoms with E-state index in [1.165, 1.54) is 24.7 Å². The van der Waals surface area contributed by atoms with Crippen LogP contribution in [0.4, 0.5) is 5.82 Å². The van der Waals surface area contributed by atoms with E-state index in [1.54, 1.807) is 0 Å². The number of nitrogen functional groups attached to an aromatic ring is 1. The maximum Gasteiger partial charge on any atom is 0.146 e. The molecule has 4 rings (SSSR count). The minimum atomic E-state index is 0.518. The average molecular weight is 343 g/mol. The van der Waals surface area contributed by atoms with Crippen molar-refractivity contribution in [2.45, 2.75) is 32.6 Å². The van der Waals surface area contributed by atoms with Crippen LogP contribution in [0.1, 0.15) is 42.5 Å². The van der Waals surface area contributed by atoms with E-state index in [1.807, 2.05) is 19.3 Å². The maximum absolute atomic E-state index is 6.27. The number of allylic oxidation sites excluding steroid dienone is 2. The zero-order valence-electron chi connectivity index (χ0n) is 15.1. The minimum absolute atomic E-state index is 0.518. The van der Waals surface area contributed by atoms with E-state index >= 15 is 0 Å². The Kier molecular flexibility index (Phi) is 3.96. The first kappa shape index (κ1) is 16.3. The molecule has 2 N–H and O–H groups in total. The fourth-order valence-corrected chi connectivity index (χ4v) is 3.85. The number of aryl methyl sites for hydroxylation is 2. The molecule has 5 heteroatoms. The van der Waals surface area contributed by atoms with Gasteiger partial charge >= 0.3 is 0 Å². The number of fused-ring (bicyclic) bond motifs is 1. The molecular weight excluding hydrogens is 322 g/mol. The Labute approximate surface area is 153 Å². The summed E-state index contributed by atoms with van der Waals surface area (Å²) in [6.07, 6.45) is 15.7. The highest BCUT2D eigenvalue weighted by molar-refractivity contribution is 6.04. The van der Waals surface area contributed by atoms with Crippen LogP contribution in [-0.2, 0) is 7.05 Å². The Hall–Kier alpha value is -3.13. The fourth-order valence-electron chi connectivity index (χ4n) is 3.85. The molecule has 0 spiro atoms. The maximum atomic E-state index is 6.27. The molecule has 0 saturated heterocycles. The standard InChI is InChI=1S/C21H21N5/c1-4-15-10-13(2)16(11-23-15)19-17(14-8-6-5-7-9-14)18-20(22)24-12-25-21(18)26(19)3/h1,8,10-12H,5-7,9H2,2-3H3,(H2,22,24,25). The van der Waals surface area contributed by atoms with Crippen molar-refractivity contribution in [2.24, 2.45) is 7.05 Å². The Bertz CT molecular complexity index is 1080.